The molecule has 3 aromatic rings. The molecular formula is C20H18N4O4S. The number of aryl methyl sites for hydroxylation is 1. The van der Waals surface area contributed by atoms with E-state index >= 15 is 0 Å². The number of methoxy groups -OCH3 is 1. The third-order valence-electron chi connectivity index (χ3n) is 4.11. The van der Waals surface area contributed by atoms with E-state index in [1.54, 1.807) is 16.7 Å². The maximum Gasteiger partial charge on any atom is 0.330 e. The van der Waals surface area contributed by atoms with Crippen molar-refractivity contribution in [3.63, 3.8) is 0 Å². The molecule has 148 valence electrons. The minimum Gasteiger partial charge on any atom is -0.466 e. The summed E-state index contributed by atoms with van der Waals surface area (Å²) in [7, 11) is 3.08. The molecule has 2 aromatic carbocycles. The van der Waals surface area contributed by atoms with Crippen LogP contribution in [0.5, 0.6) is 0 Å². The second kappa shape index (κ2) is 8.70. The van der Waals surface area contributed by atoms with Crippen molar-refractivity contribution in [2.45, 2.75) is 17.0 Å². The molecule has 9 heteroatoms. The van der Waals surface area contributed by atoms with Crippen LogP contribution < -0.4 is 0 Å². The fraction of sp³-hybridized carbons (Fsp3) is 0.150. The summed E-state index contributed by atoms with van der Waals surface area (Å²) >= 11 is 1.16. The Morgan fingerprint density at radius 3 is 2.72 bits per heavy atom. The normalized spacial score (nSPS) is 11.0. The lowest BCUT2D eigenvalue weighted by atomic mass is 10.1. The number of carbonyl (C=O) groups excluding carboxylic acids is 1. The van der Waals surface area contributed by atoms with Crippen molar-refractivity contribution in [2.75, 3.05) is 7.11 Å². The Balaban J connectivity index is 1.91. The largest absolute Gasteiger partial charge is 0.466 e. The highest BCUT2D eigenvalue weighted by Gasteiger charge is 2.19. The van der Waals surface area contributed by atoms with E-state index in [1.165, 1.54) is 25.3 Å². The smallest absolute Gasteiger partial charge is 0.330 e. The monoisotopic (exact) mass is 410 g/mol. The zero-order valence-electron chi connectivity index (χ0n) is 16.0. The van der Waals surface area contributed by atoms with E-state index in [-0.39, 0.29) is 5.69 Å². The molecule has 0 N–H and O–H groups in total. The zero-order chi connectivity index (χ0) is 21.0. The molecule has 3 rings (SSSR count). The summed E-state index contributed by atoms with van der Waals surface area (Å²) in [6, 6.07) is 12.6. The first kappa shape index (κ1) is 20.3. The summed E-state index contributed by atoms with van der Waals surface area (Å²) in [5.74, 6) is 0.144. The first-order valence-electron chi connectivity index (χ1n) is 8.58. The first-order chi connectivity index (χ1) is 13.9. The minimum atomic E-state index is -0.533. The van der Waals surface area contributed by atoms with Gasteiger partial charge in [0.1, 0.15) is 0 Å². The van der Waals surface area contributed by atoms with E-state index in [0.29, 0.717) is 21.4 Å². The average molecular weight is 410 g/mol. The van der Waals surface area contributed by atoms with Crippen molar-refractivity contribution >= 4 is 29.5 Å². The minimum absolute atomic E-state index is 0.0814. The molecule has 1 heterocycles. The van der Waals surface area contributed by atoms with Crippen molar-refractivity contribution in [1.29, 1.82) is 0 Å². The van der Waals surface area contributed by atoms with Gasteiger partial charge in [-0.25, -0.2) is 4.79 Å². The van der Waals surface area contributed by atoms with Gasteiger partial charge in [0.2, 0.25) is 0 Å². The van der Waals surface area contributed by atoms with Gasteiger partial charge in [0.15, 0.2) is 11.0 Å². The number of benzene rings is 2. The molecule has 0 aliphatic carbocycles. The third kappa shape index (κ3) is 4.69. The lowest BCUT2D eigenvalue weighted by molar-refractivity contribution is -0.387. The Morgan fingerprint density at radius 2 is 2.03 bits per heavy atom. The summed E-state index contributed by atoms with van der Waals surface area (Å²) in [4.78, 5) is 22.7. The van der Waals surface area contributed by atoms with Crippen molar-refractivity contribution in [2.24, 2.45) is 7.05 Å². The van der Waals surface area contributed by atoms with E-state index in [0.717, 1.165) is 22.9 Å². The molecule has 0 aliphatic heterocycles. The fourth-order valence-electron chi connectivity index (χ4n) is 2.64. The molecule has 1 aromatic heterocycles. The van der Waals surface area contributed by atoms with E-state index in [9.17, 15) is 14.9 Å². The van der Waals surface area contributed by atoms with Gasteiger partial charge in [-0.05, 0) is 42.5 Å². The van der Waals surface area contributed by atoms with Crippen LogP contribution in [0.1, 0.15) is 11.1 Å². The quantitative estimate of drug-likeness (QED) is 0.262. The molecule has 0 amide bonds. The highest BCUT2D eigenvalue weighted by Crippen LogP contribution is 2.35. The van der Waals surface area contributed by atoms with E-state index in [4.69, 9.17) is 0 Å². The van der Waals surface area contributed by atoms with Crippen molar-refractivity contribution < 1.29 is 14.5 Å². The lowest BCUT2D eigenvalue weighted by Crippen LogP contribution is -1.97. The Morgan fingerprint density at radius 1 is 1.24 bits per heavy atom. The summed E-state index contributed by atoms with van der Waals surface area (Å²) in [5, 5.41) is 20.5. The average Bonchev–Trinajstić information content (AvgIpc) is 3.07. The Labute approximate surface area is 171 Å². The van der Waals surface area contributed by atoms with Crippen LogP contribution in [0.3, 0.4) is 0 Å². The summed E-state index contributed by atoms with van der Waals surface area (Å²) < 4.78 is 6.33. The molecule has 0 saturated heterocycles. The van der Waals surface area contributed by atoms with Crippen molar-refractivity contribution in [1.82, 2.24) is 14.8 Å². The number of rotatable bonds is 6. The van der Waals surface area contributed by atoms with Crippen LogP contribution in [0, 0.1) is 17.0 Å². The molecular weight excluding hydrogens is 392 g/mol. The van der Waals surface area contributed by atoms with Crippen molar-refractivity contribution in [3.05, 3.63) is 69.8 Å². The first-order valence-corrected chi connectivity index (χ1v) is 9.39. The van der Waals surface area contributed by atoms with Gasteiger partial charge in [0.25, 0.3) is 5.69 Å². The standard InChI is InChI=1S/C20H18N4O4S/c1-13-5-4-6-15(11-13)19-21-22-20(23(19)2)29-17-9-7-14(8-10-18(25)28-3)12-16(17)24(26)27/h4-12H,1-3H3/b10-8+. The predicted molar refractivity (Wildman–Crippen MR) is 109 cm³/mol. The maximum atomic E-state index is 11.5. The Bertz CT molecular complexity index is 1110. The molecule has 8 nitrogen and oxygen atoms in total. The highest BCUT2D eigenvalue weighted by atomic mass is 32.2. The van der Waals surface area contributed by atoms with Crippen LogP contribution in [0.4, 0.5) is 5.69 Å². The Hall–Kier alpha value is -3.46. The molecule has 0 atom stereocenters. The number of esters is 1. The highest BCUT2D eigenvalue weighted by molar-refractivity contribution is 7.99. The molecule has 0 spiro atoms. The zero-order valence-corrected chi connectivity index (χ0v) is 16.8. The van der Waals surface area contributed by atoms with Crippen LogP contribution in [0.15, 0.2) is 58.6 Å². The third-order valence-corrected chi connectivity index (χ3v) is 5.21. The number of nitro benzene ring substituents is 1. The van der Waals surface area contributed by atoms with Gasteiger partial charge in [-0.2, -0.15) is 0 Å². The second-order valence-corrected chi connectivity index (χ2v) is 7.19. The van der Waals surface area contributed by atoms with E-state index < -0.39 is 10.9 Å². The van der Waals surface area contributed by atoms with Gasteiger partial charge in [0, 0.05) is 24.8 Å². The Kier molecular flexibility index (Phi) is 6.08. The van der Waals surface area contributed by atoms with Gasteiger partial charge < -0.3 is 9.30 Å². The molecule has 0 bridgehead atoms. The van der Waals surface area contributed by atoms with Crippen LogP contribution in [0.25, 0.3) is 17.5 Å². The van der Waals surface area contributed by atoms with Crippen LogP contribution in [-0.4, -0.2) is 32.8 Å². The van der Waals surface area contributed by atoms with Gasteiger partial charge >= 0.3 is 5.97 Å². The maximum absolute atomic E-state index is 11.5. The number of nitrogens with zero attached hydrogens (tertiary/aromatic N) is 4. The number of hydrogen-bond acceptors (Lipinski definition) is 7. The molecule has 0 unspecified atom stereocenters. The van der Waals surface area contributed by atoms with E-state index in [2.05, 4.69) is 14.9 Å². The van der Waals surface area contributed by atoms with Crippen LogP contribution >= 0.6 is 11.8 Å². The van der Waals surface area contributed by atoms with Crippen LogP contribution in [0.2, 0.25) is 0 Å². The lowest BCUT2D eigenvalue weighted by Gasteiger charge is -2.06. The van der Waals surface area contributed by atoms with Gasteiger partial charge in [0.05, 0.1) is 16.9 Å². The van der Waals surface area contributed by atoms with Crippen molar-refractivity contribution in [3.8, 4) is 11.4 Å². The predicted octanol–water partition coefficient (Wildman–Crippen LogP) is 4.04. The van der Waals surface area contributed by atoms with Crippen LogP contribution in [-0.2, 0) is 16.6 Å². The SMILES string of the molecule is COC(=O)/C=C/c1ccc(Sc2nnc(-c3cccc(C)c3)n2C)c([N+](=O)[O-])c1. The summed E-state index contributed by atoms with van der Waals surface area (Å²) in [6.07, 6.45) is 2.67. The van der Waals surface area contributed by atoms with E-state index in [1.807, 2.05) is 38.2 Å². The summed E-state index contributed by atoms with van der Waals surface area (Å²) in [5.41, 5.74) is 2.46. The molecule has 0 radical (unpaired) electrons. The molecule has 0 fully saturated rings. The van der Waals surface area contributed by atoms with Gasteiger partial charge in [-0.3, -0.25) is 10.1 Å². The molecule has 0 aliphatic rings. The number of carbonyl (C=O) groups is 1. The van der Waals surface area contributed by atoms with Gasteiger partial charge in [-0.15, -0.1) is 10.2 Å². The number of aromatic nitrogens is 3. The number of nitro groups is 1. The summed E-state index contributed by atoms with van der Waals surface area (Å²) in [6.45, 7) is 2.00. The topological polar surface area (TPSA) is 100 Å². The fourth-order valence-corrected chi connectivity index (χ4v) is 3.51. The van der Waals surface area contributed by atoms with Gasteiger partial charge in [-0.1, -0.05) is 29.8 Å². The molecule has 0 saturated carbocycles. The number of ether oxygens (including phenoxy) is 1. The number of hydrogen-bond donors (Lipinski definition) is 0. The second-order valence-electron chi connectivity index (χ2n) is 6.18. The molecule has 29 heavy (non-hydrogen) atoms.